The fourth-order valence-electron chi connectivity index (χ4n) is 2.42. The molecular formula is C15H16N2O2S2. The molecular weight excluding hydrogens is 304 g/mol. The Morgan fingerprint density at radius 1 is 1.29 bits per heavy atom. The van der Waals surface area contributed by atoms with E-state index >= 15 is 0 Å². The van der Waals surface area contributed by atoms with Gasteiger partial charge in [-0.15, -0.1) is 0 Å². The van der Waals surface area contributed by atoms with E-state index in [-0.39, 0.29) is 11.9 Å². The normalized spacial score (nSPS) is 18.8. The van der Waals surface area contributed by atoms with Crippen LogP contribution in [-0.4, -0.2) is 27.2 Å². The minimum Gasteiger partial charge on any atom is -0.289 e. The largest absolute Gasteiger partial charge is 0.289 e. The second kappa shape index (κ2) is 6.62. The fraction of sp³-hybridized carbons (Fsp3) is 0.267. The fourth-order valence-corrected chi connectivity index (χ4v) is 4.27. The Morgan fingerprint density at radius 3 is 2.76 bits per heavy atom. The zero-order valence-electron chi connectivity index (χ0n) is 11.4. The SMILES string of the molecule is O=C(NO)[C@H]1CCSN1Cc1ccc(-c2ccsc2)cc1. The highest BCUT2D eigenvalue weighted by Gasteiger charge is 2.31. The molecule has 21 heavy (non-hydrogen) atoms. The summed E-state index contributed by atoms with van der Waals surface area (Å²) in [5.41, 5.74) is 5.37. The number of carbonyl (C=O) groups is 1. The van der Waals surface area contributed by atoms with Crippen LogP contribution in [0.15, 0.2) is 41.1 Å². The molecule has 4 nitrogen and oxygen atoms in total. The summed E-state index contributed by atoms with van der Waals surface area (Å²) < 4.78 is 2.03. The third kappa shape index (κ3) is 3.29. The average Bonchev–Trinajstić information content (AvgIpc) is 3.18. The molecule has 1 aliphatic rings. The molecule has 1 aliphatic heterocycles. The van der Waals surface area contributed by atoms with E-state index < -0.39 is 0 Å². The highest BCUT2D eigenvalue weighted by molar-refractivity contribution is 7.97. The van der Waals surface area contributed by atoms with Crippen LogP contribution in [0.1, 0.15) is 12.0 Å². The molecule has 0 bridgehead atoms. The molecule has 110 valence electrons. The number of amides is 1. The van der Waals surface area contributed by atoms with E-state index in [9.17, 15) is 4.79 Å². The molecule has 2 heterocycles. The van der Waals surface area contributed by atoms with Gasteiger partial charge >= 0.3 is 0 Å². The van der Waals surface area contributed by atoms with Crippen molar-refractivity contribution >= 4 is 29.2 Å². The number of carbonyl (C=O) groups excluding carboxylic acids is 1. The van der Waals surface area contributed by atoms with Crippen LogP contribution in [0.3, 0.4) is 0 Å². The zero-order chi connectivity index (χ0) is 14.7. The quantitative estimate of drug-likeness (QED) is 0.516. The van der Waals surface area contributed by atoms with Gasteiger partial charge in [0.05, 0.1) is 0 Å². The molecule has 6 heteroatoms. The maximum absolute atomic E-state index is 11.6. The van der Waals surface area contributed by atoms with Crippen LogP contribution >= 0.6 is 23.3 Å². The van der Waals surface area contributed by atoms with Crippen molar-refractivity contribution in [1.82, 2.24) is 9.79 Å². The molecule has 0 spiro atoms. The maximum Gasteiger partial charge on any atom is 0.261 e. The molecule has 1 aromatic carbocycles. The van der Waals surface area contributed by atoms with Gasteiger partial charge in [-0.25, -0.2) is 9.79 Å². The average molecular weight is 320 g/mol. The predicted octanol–water partition coefficient (Wildman–Crippen LogP) is 3.14. The first-order chi connectivity index (χ1) is 10.3. The van der Waals surface area contributed by atoms with Crippen LogP contribution in [-0.2, 0) is 11.3 Å². The van der Waals surface area contributed by atoms with Gasteiger partial charge in [0, 0.05) is 12.3 Å². The van der Waals surface area contributed by atoms with Gasteiger partial charge in [-0.05, 0) is 39.9 Å². The van der Waals surface area contributed by atoms with Gasteiger partial charge in [-0.2, -0.15) is 11.3 Å². The molecule has 1 aromatic heterocycles. The summed E-state index contributed by atoms with van der Waals surface area (Å²) in [7, 11) is 0. The summed E-state index contributed by atoms with van der Waals surface area (Å²) in [6.45, 7) is 0.701. The van der Waals surface area contributed by atoms with Crippen LogP contribution in [0.4, 0.5) is 0 Å². The summed E-state index contributed by atoms with van der Waals surface area (Å²) in [4.78, 5) is 11.6. The van der Waals surface area contributed by atoms with Crippen LogP contribution in [0.25, 0.3) is 11.1 Å². The molecule has 0 radical (unpaired) electrons. The lowest BCUT2D eigenvalue weighted by Gasteiger charge is -2.21. The van der Waals surface area contributed by atoms with E-state index in [4.69, 9.17) is 5.21 Å². The van der Waals surface area contributed by atoms with E-state index in [1.54, 1.807) is 28.8 Å². The van der Waals surface area contributed by atoms with E-state index in [0.29, 0.717) is 6.54 Å². The van der Waals surface area contributed by atoms with Gasteiger partial charge in [0.15, 0.2) is 0 Å². The Bertz CT molecular complexity index is 599. The molecule has 2 aromatic rings. The summed E-state index contributed by atoms with van der Waals surface area (Å²) in [6, 6.07) is 10.3. The summed E-state index contributed by atoms with van der Waals surface area (Å²) in [6.07, 6.45) is 0.768. The Hall–Kier alpha value is -1.34. The number of rotatable bonds is 4. The Kier molecular flexibility index (Phi) is 4.60. The van der Waals surface area contributed by atoms with Gasteiger partial charge in [0.2, 0.25) is 0 Å². The third-order valence-corrected chi connectivity index (χ3v) is 5.37. The van der Waals surface area contributed by atoms with E-state index in [1.807, 2.05) is 4.31 Å². The first-order valence-electron chi connectivity index (χ1n) is 6.73. The van der Waals surface area contributed by atoms with E-state index in [0.717, 1.165) is 12.2 Å². The molecule has 1 amide bonds. The second-order valence-electron chi connectivity index (χ2n) is 4.90. The first-order valence-corrected chi connectivity index (χ1v) is 8.61. The summed E-state index contributed by atoms with van der Waals surface area (Å²) in [5, 5.41) is 13.0. The van der Waals surface area contributed by atoms with Crippen molar-refractivity contribution in [3.63, 3.8) is 0 Å². The smallest absolute Gasteiger partial charge is 0.261 e. The number of nitrogens with zero attached hydrogens (tertiary/aromatic N) is 1. The van der Waals surface area contributed by atoms with Crippen molar-refractivity contribution in [2.24, 2.45) is 0 Å². The number of hydroxylamine groups is 1. The highest BCUT2D eigenvalue weighted by atomic mass is 32.2. The monoisotopic (exact) mass is 320 g/mol. The lowest BCUT2D eigenvalue weighted by molar-refractivity contribution is -0.132. The summed E-state index contributed by atoms with van der Waals surface area (Å²) >= 11 is 3.35. The molecule has 1 saturated heterocycles. The van der Waals surface area contributed by atoms with Gasteiger partial charge in [0.1, 0.15) is 6.04 Å². The van der Waals surface area contributed by atoms with Gasteiger partial charge in [0.25, 0.3) is 5.91 Å². The number of nitrogens with one attached hydrogen (secondary N) is 1. The van der Waals surface area contributed by atoms with Crippen LogP contribution in [0, 0.1) is 0 Å². The van der Waals surface area contributed by atoms with Crippen molar-refractivity contribution < 1.29 is 10.0 Å². The van der Waals surface area contributed by atoms with Crippen molar-refractivity contribution in [1.29, 1.82) is 0 Å². The Labute approximate surface area is 131 Å². The highest BCUT2D eigenvalue weighted by Crippen LogP contribution is 2.30. The van der Waals surface area contributed by atoms with Crippen LogP contribution in [0.5, 0.6) is 0 Å². The van der Waals surface area contributed by atoms with Gasteiger partial charge < -0.3 is 0 Å². The van der Waals surface area contributed by atoms with Gasteiger partial charge in [-0.3, -0.25) is 10.0 Å². The van der Waals surface area contributed by atoms with Crippen molar-refractivity contribution in [3.8, 4) is 11.1 Å². The molecule has 0 aliphatic carbocycles. The van der Waals surface area contributed by atoms with Crippen molar-refractivity contribution in [2.45, 2.75) is 19.0 Å². The minimum absolute atomic E-state index is 0.253. The molecule has 1 fully saturated rings. The predicted molar refractivity (Wildman–Crippen MR) is 86.1 cm³/mol. The van der Waals surface area contributed by atoms with Crippen molar-refractivity contribution in [2.75, 3.05) is 5.75 Å². The van der Waals surface area contributed by atoms with E-state index in [1.165, 1.54) is 16.7 Å². The second-order valence-corrected chi connectivity index (χ2v) is 6.81. The van der Waals surface area contributed by atoms with Crippen LogP contribution < -0.4 is 5.48 Å². The summed E-state index contributed by atoms with van der Waals surface area (Å²) in [5.74, 6) is 0.584. The molecule has 0 unspecified atom stereocenters. The lowest BCUT2D eigenvalue weighted by atomic mass is 10.1. The standard InChI is InChI=1S/C15H16N2O2S2/c18-15(16-19)14-6-8-21-17(14)9-11-1-3-12(4-2-11)13-5-7-20-10-13/h1-5,7,10,14,19H,6,8-9H2,(H,16,18)/t14-/m1/s1. The Morgan fingerprint density at radius 2 is 2.10 bits per heavy atom. The van der Waals surface area contributed by atoms with Crippen molar-refractivity contribution in [3.05, 3.63) is 46.7 Å². The molecule has 3 rings (SSSR count). The maximum atomic E-state index is 11.6. The lowest BCUT2D eigenvalue weighted by Crippen LogP contribution is -2.39. The molecule has 0 saturated carbocycles. The number of hydrogen-bond acceptors (Lipinski definition) is 5. The molecule has 2 N–H and O–H groups in total. The molecule has 1 atom stereocenters. The van der Waals surface area contributed by atoms with Crippen LogP contribution in [0.2, 0.25) is 0 Å². The van der Waals surface area contributed by atoms with E-state index in [2.05, 4.69) is 41.1 Å². The third-order valence-electron chi connectivity index (χ3n) is 3.56. The topological polar surface area (TPSA) is 52.6 Å². The number of thiophene rings is 1. The van der Waals surface area contributed by atoms with Gasteiger partial charge in [-0.1, -0.05) is 36.2 Å². The number of hydrogen-bond donors (Lipinski definition) is 2. The zero-order valence-corrected chi connectivity index (χ0v) is 13.0. The first kappa shape index (κ1) is 14.6. The number of benzene rings is 1. The minimum atomic E-state index is -0.324. The Balaban J connectivity index is 1.69.